The van der Waals surface area contributed by atoms with Crippen molar-refractivity contribution in [1.82, 2.24) is 0 Å². The Hall–Kier alpha value is -0.0400. The zero-order chi connectivity index (χ0) is 13.4. The first kappa shape index (κ1) is 15.0. The maximum Gasteiger partial charge on any atom is 0.0630 e. The van der Waals surface area contributed by atoms with Crippen LogP contribution in [0, 0.1) is 29.1 Å². The van der Waals surface area contributed by atoms with E-state index in [9.17, 15) is 0 Å². The van der Waals surface area contributed by atoms with Crippen LogP contribution in [-0.4, -0.2) is 12.2 Å². The lowest BCUT2D eigenvalue weighted by Gasteiger charge is -2.48. The van der Waals surface area contributed by atoms with Gasteiger partial charge in [0, 0.05) is 0 Å². The van der Waals surface area contributed by atoms with Gasteiger partial charge >= 0.3 is 0 Å². The minimum atomic E-state index is 0.264. The first-order valence-electron chi connectivity index (χ1n) is 7.30. The summed E-state index contributed by atoms with van der Waals surface area (Å²) in [7, 11) is 0. The molecule has 0 aromatic heterocycles. The second-order valence-electron chi connectivity index (χ2n) is 7.70. The van der Waals surface area contributed by atoms with Gasteiger partial charge in [-0.2, -0.15) is 0 Å². The minimum Gasteiger partial charge on any atom is -0.374 e. The van der Waals surface area contributed by atoms with Crippen LogP contribution in [0.4, 0.5) is 0 Å². The van der Waals surface area contributed by atoms with Gasteiger partial charge in [-0.3, -0.25) is 0 Å². The summed E-state index contributed by atoms with van der Waals surface area (Å²) in [4.78, 5) is 0. The topological polar surface area (TPSA) is 9.23 Å². The van der Waals surface area contributed by atoms with E-state index in [1.165, 1.54) is 6.42 Å². The van der Waals surface area contributed by atoms with E-state index in [2.05, 4.69) is 55.4 Å². The summed E-state index contributed by atoms with van der Waals surface area (Å²) in [5.41, 5.74) is 0.264. The number of rotatable bonds is 2. The van der Waals surface area contributed by atoms with E-state index in [4.69, 9.17) is 4.74 Å². The average Bonchev–Trinajstić information content (AvgIpc) is 2.14. The maximum atomic E-state index is 6.40. The second kappa shape index (κ2) is 5.30. The van der Waals surface area contributed by atoms with Crippen molar-refractivity contribution < 1.29 is 4.74 Å². The maximum absolute atomic E-state index is 6.40. The van der Waals surface area contributed by atoms with E-state index < -0.39 is 0 Å². The molecular formula is C16H32O. The van der Waals surface area contributed by atoms with Gasteiger partial charge in [0.05, 0.1) is 12.2 Å². The van der Waals surface area contributed by atoms with Crippen LogP contribution in [0.5, 0.6) is 0 Å². The first-order chi connectivity index (χ1) is 7.64. The number of hydrogen-bond donors (Lipinski definition) is 0. The third kappa shape index (κ3) is 3.47. The van der Waals surface area contributed by atoms with Gasteiger partial charge in [-0.1, -0.05) is 55.4 Å². The molecule has 0 radical (unpaired) electrons. The minimum absolute atomic E-state index is 0.264. The summed E-state index contributed by atoms with van der Waals surface area (Å²) < 4.78 is 6.40. The Labute approximate surface area is 108 Å². The van der Waals surface area contributed by atoms with E-state index in [0.29, 0.717) is 24.0 Å². The molecule has 0 spiro atoms. The SMILES string of the molecule is CC(C)C1CC(C(C)(C)C)OC(C(C)C)[C@H]1C. The van der Waals surface area contributed by atoms with Gasteiger partial charge in [0.2, 0.25) is 0 Å². The lowest BCUT2D eigenvalue weighted by atomic mass is 9.69. The van der Waals surface area contributed by atoms with Crippen LogP contribution in [0.2, 0.25) is 0 Å². The summed E-state index contributed by atoms with van der Waals surface area (Å²) in [6, 6.07) is 0. The molecule has 17 heavy (non-hydrogen) atoms. The van der Waals surface area contributed by atoms with E-state index in [1.54, 1.807) is 0 Å². The van der Waals surface area contributed by atoms with Crippen LogP contribution in [0.3, 0.4) is 0 Å². The fraction of sp³-hybridized carbons (Fsp3) is 1.00. The van der Waals surface area contributed by atoms with Gasteiger partial charge in [0.1, 0.15) is 0 Å². The Balaban J connectivity index is 2.89. The van der Waals surface area contributed by atoms with Gasteiger partial charge in [0.15, 0.2) is 0 Å². The Kier molecular flexibility index (Phi) is 4.68. The van der Waals surface area contributed by atoms with Crippen LogP contribution in [-0.2, 0) is 4.74 Å². The van der Waals surface area contributed by atoms with Crippen molar-refractivity contribution in [3.05, 3.63) is 0 Å². The Morgan fingerprint density at radius 3 is 1.88 bits per heavy atom. The van der Waals surface area contributed by atoms with E-state index in [1.807, 2.05) is 0 Å². The molecule has 102 valence electrons. The van der Waals surface area contributed by atoms with E-state index in [-0.39, 0.29) is 5.41 Å². The van der Waals surface area contributed by atoms with Gasteiger partial charge in [-0.25, -0.2) is 0 Å². The van der Waals surface area contributed by atoms with Gasteiger partial charge < -0.3 is 4.74 Å². The zero-order valence-electron chi connectivity index (χ0n) is 13.1. The predicted molar refractivity (Wildman–Crippen MR) is 75.1 cm³/mol. The average molecular weight is 240 g/mol. The molecule has 0 aromatic carbocycles. The standard InChI is InChI=1S/C16H32O/c1-10(2)13-9-14(16(6,7)8)17-15(11(3)4)12(13)5/h10-15H,9H2,1-8H3/t12-,13?,14?,15?/m0/s1. The quantitative estimate of drug-likeness (QED) is 0.676. The predicted octanol–water partition coefficient (Wildman–Crippen LogP) is 4.75. The lowest BCUT2D eigenvalue weighted by Crippen LogP contribution is -2.48. The molecule has 1 heterocycles. The number of hydrogen-bond acceptors (Lipinski definition) is 1. The van der Waals surface area contributed by atoms with Crippen molar-refractivity contribution in [1.29, 1.82) is 0 Å². The molecule has 0 amide bonds. The zero-order valence-corrected chi connectivity index (χ0v) is 13.1. The highest BCUT2D eigenvalue weighted by Gasteiger charge is 2.42. The van der Waals surface area contributed by atoms with E-state index in [0.717, 1.165) is 11.8 Å². The monoisotopic (exact) mass is 240 g/mol. The molecule has 1 fully saturated rings. The summed E-state index contributed by atoms with van der Waals surface area (Å²) in [6.45, 7) is 18.6. The number of ether oxygens (including phenoxy) is 1. The Bertz CT molecular complexity index is 218. The normalized spacial score (nSPS) is 35.6. The summed E-state index contributed by atoms with van der Waals surface area (Å²) in [6.07, 6.45) is 2.07. The van der Waals surface area contributed by atoms with Gasteiger partial charge in [-0.15, -0.1) is 0 Å². The van der Waals surface area contributed by atoms with Crippen LogP contribution in [0.25, 0.3) is 0 Å². The van der Waals surface area contributed by atoms with Crippen molar-refractivity contribution in [2.24, 2.45) is 29.1 Å². The molecule has 0 bridgehead atoms. The first-order valence-corrected chi connectivity index (χ1v) is 7.30. The third-order valence-electron chi connectivity index (χ3n) is 4.48. The van der Waals surface area contributed by atoms with Crippen LogP contribution in [0.1, 0.15) is 61.8 Å². The molecule has 3 unspecified atom stereocenters. The second-order valence-corrected chi connectivity index (χ2v) is 7.70. The highest BCUT2D eigenvalue weighted by Crippen LogP contribution is 2.42. The summed E-state index contributed by atoms with van der Waals surface area (Å²) in [5.74, 6) is 2.88. The molecule has 0 saturated carbocycles. The van der Waals surface area contributed by atoms with Gasteiger partial charge in [0.25, 0.3) is 0 Å². The van der Waals surface area contributed by atoms with Crippen molar-refractivity contribution >= 4 is 0 Å². The van der Waals surface area contributed by atoms with Crippen molar-refractivity contribution in [2.75, 3.05) is 0 Å². The Morgan fingerprint density at radius 1 is 1.00 bits per heavy atom. The smallest absolute Gasteiger partial charge is 0.0630 e. The molecule has 0 aliphatic carbocycles. The molecule has 1 aliphatic rings. The van der Waals surface area contributed by atoms with Crippen LogP contribution < -0.4 is 0 Å². The molecule has 1 saturated heterocycles. The van der Waals surface area contributed by atoms with Crippen molar-refractivity contribution in [3.8, 4) is 0 Å². The molecule has 1 aliphatic heterocycles. The third-order valence-corrected chi connectivity index (χ3v) is 4.48. The molecule has 1 rings (SSSR count). The van der Waals surface area contributed by atoms with Crippen LogP contribution in [0.15, 0.2) is 0 Å². The fourth-order valence-electron chi connectivity index (χ4n) is 3.28. The molecular weight excluding hydrogens is 208 g/mol. The highest BCUT2D eigenvalue weighted by atomic mass is 16.5. The molecule has 0 aromatic rings. The highest BCUT2D eigenvalue weighted by molar-refractivity contribution is 4.90. The summed E-state index contributed by atoms with van der Waals surface area (Å²) >= 11 is 0. The molecule has 4 atom stereocenters. The molecule has 1 heteroatoms. The van der Waals surface area contributed by atoms with Crippen molar-refractivity contribution in [2.45, 2.75) is 74.0 Å². The van der Waals surface area contributed by atoms with Crippen molar-refractivity contribution in [3.63, 3.8) is 0 Å². The van der Waals surface area contributed by atoms with Crippen LogP contribution >= 0.6 is 0 Å². The fourth-order valence-corrected chi connectivity index (χ4v) is 3.28. The lowest BCUT2D eigenvalue weighted by molar-refractivity contribution is -0.164. The van der Waals surface area contributed by atoms with Gasteiger partial charge in [-0.05, 0) is 35.5 Å². The summed E-state index contributed by atoms with van der Waals surface area (Å²) in [5, 5.41) is 0. The Morgan fingerprint density at radius 2 is 1.53 bits per heavy atom. The molecule has 1 nitrogen and oxygen atoms in total. The molecule has 0 N–H and O–H groups in total. The largest absolute Gasteiger partial charge is 0.374 e. The van der Waals surface area contributed by atoms with E-state index >= 15 is 0 Å².